The summed E-state index contributed by atoms with van der Waals surface area (Å²) in [5.41, 5.74) is 1.28. The molecule has 0 unspecified atom stereocenters. The largest absolute Gasteiger partial charge is 0.508 e. The molecule has 0 fully saturated rings. The highest BCUT2D eigenvalue weighted by atomic mass is 16.3. The molecule has 2 rings (SSSR count). The number of hydrogen-bond acceptors (Lipinski definition) is 4. The Balaban J connectivity index is 2.73. The van der Waals surface area contributed by atoms with Gasteiger partial charge in [0.25, 0.3) is 0 Å². The summed E-state index contributed by atoms with van der Waals surface area (Å²) in [5, 5.41) is 25.3. The van der Waals surface area contributed by atoms with Gasteiger partial charge in [0, 0.05) is 6.07 Å². The van der Waals surface area contributed by atoms with E-state index in [2.05, 4.69) is 10.3 Å². The summed E-state index contributed by atoms with van der Waals surface area (Å²) in [4.78, 5) is 0. The second kappa shape index (κ2) is 2.46. The fourth-order valence-corrected chi connectivity index (χ4v) is 1.06. The first kappa shape index (κ1) is 7.05. The SMILES string of the molecule is OCn1nnc2cc(O)ccc21. The minimum atomic E-state index is -0.207. The summed E-state index contributed by atoms with van der Waals surface area (Å²) in [6, 6.07) is 4.67. The number of nitrogens with zero attached hydrogens (tertiary/aromatic N) is 3. The molecule has 0 saturated carbocycles. The topological polar surface area (TPSA) is 71.2 Å². The number of rotatable bonds is 1. The quantitative estimate of drug-likeness (QED) is 0.628. The van der Waals surface area contributed by atoms with Crippen LogP contribution >= 0.6 is 0 Å². The number of aliphatic hydroxyl groups excluding tert-OH is 1. The molecular formula is C7H7N3O2. The van der Waals surface area contributed by atoms with Crippen molar-refractivity contribution in [1.82, 2.24) is 15.0 Å². The molecule has 0 aliphatic rings. The van der Waals surface area contributed by atoms with Crippen molar-refractivity contribution in [2.75, 3.05) is 0 Å². The van der Waals surface area contributed by atoms with E-state index in [0.717, 1.165) is 0 Å². The molecule has 0 aliphatic carbocycles. The molecule has 0 atom stereocenters. The Morgan fingerprint density at radius 2 is 2.25 bits per heavy atom. The highest BCUT2D eigenvalue weighted by Gasteiger charge is 2.02. The van der Waals surface area contributed by atoms with E-state index in [0.29, 0.717) is 11.0 Å². The molecule has 0 bridgehead atoms. The van der Waals surface area contributed by atoms with Crippen LogP contribution in [-0.2, 0) is 6.73 Å². The Labute approximate surface area is 67.9 Å². The summed E-state index contributed by atoms with van der Waals surface area (Å²) >= 11 is 0. The van der Waals surface area contributed by atoms with E-state index in [9.17, 15) is 0 Å². The zero-order valence-corrected chi connectivity index (χ0v) is 6.18. The van der Waals surface area contributed by atoms with Crippen LogP contribution in [0.2, 0.25) is 0 Å². The molecule has 0 spiro atoms. The van der Waals surface area contributed by atoms with Gasteiger partial charge in [-0.25, -0.2) is 4.68 Å². The molecule has 0 aliphatic heterocycles. The van der Waals surface area contributed by atoms with Gasteiger partial charge in [0.2, 0.25) is 0 Å². The summed E-state index contributed by atoms with van der Waals surface area (Å²) < 4.78 is 1.34. The predicted octanol–water partition coefficient (Wildman–Crippen LogP) is 0.0867. The summed E-state index contributed by atoms with van der Waals surface area (Å²) in [6.07, 6.45) is 0. The number of phenols is 1. The Morgan fingerprint density at radius 1 is 1.42 bits per heavy atom. The van der Waals surface area contributed by atoms with Gasteiger partial charge in [0.05, 0.1) is 5.52 Å². The molecule has 5 heteroatoms. The molecule has 1 aromatic carbocycles. The molecule has 2 aromatic rings. The van der Waals surface area contributed by atoms with Crippen LogP contribution in [0.1, 0.15) is 0 Å². The fraction of sp³-hybridized carbons (Fsp3) is 0.143. The van der Waals surface area contributed by atoms with E-state index in [1.54, 1.807) is 6.07 Å². The lowest BCUT2D eigenvalue weighted by Gasteiger charge is -1.94. The lowest BCUT2D eigenvalue weighted by molar-refractivity contribution is 0.197. The molecule has 1 heterocycles. The van der Waals surface area contributed by atoms with Crippen LogP contribution in [-0.4, -0.2) is 25.2 Å². The second-order valence-electron chi connectivity index (χ2n) is 2.40. The maximum atomic E-state index is 9.07. The molecular weight excluding hydrogens is 158 g/mol. The number of hydrogen-bond donors (Lipinski definition) is 2. The highest BCUT2D eigenvalue weighted by molar-refractivity contribution is 5.75. The first-order valence-corrected chi connectivity index (χ1v) is 3.44. The molecule has 0 saturated heterocycles. The fourth-order valence-electron chi connectivity index (χ4n) is 1.06. The zero-order valence-electron chi connectivity index (χ0n) is 6.18. The molecule has 0 amide bonds. The van der Waals surface area contributed by atoms with E-state index in [1.807, 2.05) is 0 Å². The zero-order chi connectivity index (χ0) is 8.55. The van der Waals surface area contributed by atoms with Gasteiger partial charge in [0.15, 0.2) is 0 Å². The molecule has 62 valence electrons. The maximum Gasteiger partial charge on any atom is 0.138 e. The first-order chi connectivity index (χ1) is 5.81. The monoisotopic (exact) mass is 165 g/mol. The second-order valence-corrected chi connectivity index (χ2v) is 2.40. The van der Waals surface area contributed by atoms with Crippen molar-refractivity contribution in [3.05, 3.63) is 18.2 Å². The Bertz CT molecular complexity index is 410. The van der Waals surface area contributed by atoms with E-state index < -0.39 is 0 Å². The molecule has 5 nitrogen and oxygen atoms in total. The van der Waals surface area contributed by atoms with Crippen molar-refractivity contribution in [1.29, 1.82) is 0 Å². The van der Waals surface area contributed by atoms with Gasteiger partial charge in [0.1, 0.15) is 18.0 Å². The lowest BCUT2D eigenvalue weighted by atomic mass is 10.3. The highest BCUT2D eigenvalue weighted by Crippen LogP contribution is 2.16. The van der Waals surface area contributed by atoms with Crippen LogP contribution < -0.4 is 0 Å². The average Bonchev–Trinajstić information content (AvgIpc) is 2.46. The van der Waals surface area contributed by atoms with Crippen LogP contribution in [0.4, 0.5) is 0 Å². The Kier molecular flexibility index (Phi) is 1.44. The van der Waals surface area contributed by atoms with Gasteiger partial charge < -0.3 is 10.2 Å². The third-order valence-electron chi connectivity index (χ3n) is 1.63. The summed E-state index contributed by atoms with van der Waals surface area (Å²) in [5.74, 6) is 0.146. The summed E-state index contributed by atoms with van der Waals surface area (Å²) in [6.45, 7) is -0.207. The maximum absolute atomic E-state index is 9.07. The van der Waals surface area contributed by atoms with E-state index in [1.165, 1.54) is 16.8 Å². The number of aliphatic hydroxyl groups is 1. The van der Waals surface area contributed by atoms with Crippen molar-refractivity contribution in [2.45, 2.75) is 6.73 Å². The third-order valence-corrected chi connectivity index (χ3v) is 1.63. The first-order valence-electron chi connectivity index (χ1n) is 3.44. The van der Waals surface area contributed by atoms with Crippen LogP contribution in [0.5, 0.6) is 5.75 Å². The molecule has 12 heavy (non-hydrogen) atoms. The lowest BCUT2D eigenvalue weighted by Crippen LogP contribution is -1.97. The normalized spacial score (nSPS) is 10.8. The number of phenolic OH excluding ortho intramolecular Hbond substituents is 1. The van der Waals surface area contributed by atoms with Gasteiger partial charge in [-0.05, 0) is 12.1 Å². The summed E-state index contributed by atoms with van der Waals surface area (Å²) in [7, 11) is 0. The van der Waals surface area contributed by atoms with Crippen molar-refractivity contribution < 1.29 is 10.2 Å². The number of aromatic nitrogens is 3. The number of benzene rings is 1. The minimum Gasteiger partial charge on any atom is -0.508 e. The van der Waals surface area contributed by atoms with Gasteiger partial charge in [-0.2, -0.15) is 0 Å². The smallest absolute Gasteiger partial charge is 0.138 e. The number of fused-ring (bicyclic) bond motifs is 1. The van der Waals surface area contributed by atoms with Crippen molar-refractivity contribution in [2.24, 2.45) is 0 Å². The van der Waals surface area contributed by atoms with Gasteiger partial charge in [-0.3, -0.25) is 0 Å². The van der Waals surface area contributed by atoms with Crippen molar-refractivity contribution in [3.8, 4) is 5.75 Å². The molecule has 1 aromatic heterocycles. The van der Waals surface area contributed by atoms with E-state index in [-0.39, 0.29) is 12.5 Å². The van der Waals surface area contributed by atoms with Crippen molar-refractivity contribution in [3.63, 3.8) is 0 Å². The Hall–Kier alpha value is -1.62. The number of aromatic hydroxyl groups is 1. The van der Waals surface area contributed by atoms with Crippen LogP contribution in [0.25, 0.3) is 11.0 Å². The molecule has 2 N–H and O–H groups in total. The minimum absolute atomic E-state index is 0.146. The van der Waals surface area contributed by atoms with Crippen LogP contribution in [0, 0.1) is 0 Å². The van der Waals surface area contributed by atoms with E-state index in [4.69, 9.17) is 10.2 Å². The predicted molar refractivity (Wildman–Crippen MR) is 41.4 cm³/mol. The van der Waals surface area contributed by atoms with Gasteiger partial charge >= 0.3 is 0 Å². The third kappa shape index (κ3) is 0.911. The van der Waals surface area contributed by atoms with Gasteiger partial charge in [-0.1, -0.05) is 5.21 Å². The molecule has 0 radical (unpaired) electrons. The average molecular weight is 165 g/mol. The van der Waals surface area contributed by atoms with Gasteiger partial charge in [-0.15, -0.1) is 5.10 Å². The van der Waals surface area contributed by atoms with Crippen LogP contribution in [0.3, 0.4) is 0 Å². The van der Waals surface area contributed by atoms with Crippen LogP contribution in [0.15, 0.2) is 18.2 Å². The van der Waals surface area contributed by atoms with E-state index >= 15 is 0 Å². The standard InChI is InChI=1S/C7H7N3O2/c11-4-10-7-2-1-5(12)3-6(7)8-9-10/h1-3,11-12H,4H2. The van der Waals surface area contributed by atoms with Crippen molar-refractivity contribution >= 4 is 11.0 Å². The Morgan fingerprint density at radius 3 is 3.00 bits per heavy atom.